The zero-order valence-corrected chi connectivity index (χ0v) is 17.0. The molecule has 0 radical (unpaired) electrons. The molecule has 2 heterocycles. The van der Waals surface area contributed by atoms with Crippen LogP contribution >= 0.6 is 0 Å². The molecule has 0 N–H and O–H groups in total. The first-order chi connectivity index (χ1) is 13.4. The van der Waals surface area contributed by atoms with Crippen molar-refractivity contribution in [2.24, 2.45) is 0 Å². The molecule has 0 bridgehead atoms. The maximum atomic E-state index is 12.6. The van der Waals surface area contributed by atoms with E-state index in [4.69, 9.17) is 9.47 Å². The van der Waals surface area contributed by atoms with Crippen LogP contribution in [0.3, 0.4) is 0 Å². The van der Waals surface area contributed by atoms with Crippen molar-refractivity contribution >= 4 is 17.4 Å². The Bertz CT molecular complexity index is 846. The molecule has 1 saturated heterocycles. The maximum absolute atomic E-state index is 12.6. The number of carbonyl (C=O) groups excluding carboxylic acids is 2. The summed E-state index contributed by atoms with van der Waals surface area (Å²) in [6.45, 7) is 5.21. The van der Waals surface area contributed by atoms with Crippen LogP contribution < -0.4 is 4.90 Å². The number of ketones is 1. The molecule has 6 heteroatoms. The summed E-state index contributed by atoms with van der Waals surface area (Å²) in [5, 5.41) is 0. The number of ether oxygens (including phenoxy) is 2. The Hall–Kier alpha value is -2.60. The van der Waals surface area contributed by atoms with Gasteiger partial charge in [-0.15, -0.1) is 0 Å². The second-order valence-corrected chi connectivity index (χ2v) is 7.47. The molecule has 1 aliphatic heterocycles. The average Bonchev–Trinajstić information content (AvgIpc) is 3.29. The molecule has 150 valence electrons. The van der Waals surface area contributed by atoms with Crippen LogP contribution in [0.1, 0.15) is 44.9 Å². The Balaban J connectivity index is 1.62. The van der Waals surface area contributed by atoms with Crippen molar-refractivity contribution in [3.63, 3.8) is 0 Å². The Morgan fingerprint density at radius 2 is 1.93 bits per heavy atom. The standard InChI is InChI=1S/C22H28N2O4/c1-15-12-20(16(2)24(15)13-19-6-5-11-27-19)21(25)14-28-22(26)17-7-9-18(10-8-17)23(3)4/h7-10,12,19H,5-6,11,13-14H2,1-4H3/t19-/m0/s1. The fourth-order valence-corrected chi connectivity index (χ4v) is 3.54. The molecule has 0 saturated carbocycles. The van der Waals surface area contributed by atoms with E-state index in [1.54, 1.807) is 12.1 Å². The highest BCUT2D eigenvalue weighted by atomic mass is 16.5. The van der Waals surface area contributed by atoms with Crippen LogP contribution in [0.4, 0.5) is 5.69 Å². The molecule has 3 rings (SSSR count). The predicted octanol–water partition coefficient (Wildman–Crippen LogP) is 3.39. The lowest BCUT2D eigenvalue weighted by molar-refractivity contribution is 0.0474. The van der Waals surface area contributed by atoms with Crippen LogP contribution in [0.15, 0.2) is 30.3 Å². The van der Waals surface area contributed by atoms with E-state index >= 15 is 0 Å². The smallest absolute Gasteiger partial charge is 0.338 e. The van der Waals surface area contributed by atoms with E-state index in [1.807, 2.05) is 51.0 Å². The van der Waals surface area contributed by atoms with Crippen LogP contribution in [0.25, 0.3) is 0 Å². The van der Waals surface area contributed by atoms with E-state index in [-0.39, 0.29) is 18.5 Å². The fraction of sp³-hybridized carbons (Fsp3) is 0.455. The first-order valence-corrected chi connectivity index (χ1v) is 9.63. The zero-order valence-electron chi connectivity index (χ0n) is 17.0. The number of esters is 1. The first-order valence-electron chi connectivity index (χ1n) is 9.63. The quantitative estimate of drug-likeness (QED) is 0.541. The van der Waals surface area contributed by atoms with Gasteiger partial charge in [-0.25, -0.2) is 4.79 Å². The fourth-order valence-electron chi connectivity index (χ4n) is 3.54. The molecule has 0 spiro atoms. The number of nitrogens with zero attached hydrogens (tertiary/aromatic N) is 2. The Kier molecular flexibility index (Phi) is 6.19. The second-order valence-electron chi connectivity index (χ2n) is 7.47. The van der Waals surface area contributed by atoms with Crippen LogP contribution in [0, 0.1) is 13.8 Å². The molecule has 0 amide bonds. The van der Waals surface area contributed by atoms with Crippen LogP contribution in [0.2, 0.25) is 0 Å². The summed E-state index contributed by atoms with van der Waals surface area (Å²) < 4.78 is 13.1. The van der Waals surface area contributed by atoms with Crippen molar-refractivity contribution in [3.8, 4) is 0 Å². The molecule has 1 atom stereocenters. The van der Waals surface area contributed by atoms with Crippen molar-refractivity contribution in [1.82, 2.24) is 4.57 Å². The van der Waals surface area contributed by atoms with Gasteiger partial charge in [0, 0.05) is 49.9 Å². The highest BCUT2D eigenvalue weighted by Crippen LogP contribution is 2.21. The van der Waals surface area contributed by atoms with E-state index in [1.165, 1.54) is 0 Å². The molecule has 2 aromatic rings. The van der Waals surface area contributed by atoms with E-state index in [0.29, 0.717) is 11.1 Å². The molecule has 6 nitrogen and oxygen atoms in total. The monoisotopic (exact) mass is 384 g/mol. The third-order valence-electron chi connectivity index (χ3n) is 5.24. The SMILES string of the molecule is Cc1cc(C(=O)COC(=O)c2ccc(N(C)C)cc2)c(C)n1C[C@@H]1CCCO1. The topological polar surface area (TPSA) is 60.8 Å². The number of anilines is 1. The number of hydrogen-bond donors (Lipinski definition) is 0. The highest BCUT2D eigenvalue weighted by molar-refractivity contribution is 6.00. The molecule has 1 aromatic heterocycles. The van der Waals surface area contributed by atoms with E-state index in [9.17, 15) is 9.59 Å². The number of Topliss-reactive ketones (excluding diaryl/α,β-unsaturated/α-hetero) is 1. The lowest BCUT2D eigenvalue weighted by Gasteiger charge is -2.14. The Morgan fingerprint density at radius 1 is 1.21 bits per heavy atom. The molecule has 1 fully saturated rings. The molecule has 1 aliphatic rings. The summed E-state index contributed by atoms with van der Waals surface area (Å²) in [4.78, 5) is 26.8. The van der Waals surface area contributed by atoms with Gasteiger partial charge >= 0.3 is 5.97 Å². The Labute approximate surface area is 166 Å². The van der Waals surface area contributed by atoms with E-state index in [2.05, 4.69) is 4.57 Å². The number of aryl methyl sites for hydroxylation is 1. The number of hydrogen-bond acceptors (Lipinski definition) is 5. The van der Waals surface area contributed by atoms with Crippen molar-refractivity contribution in [2.75, 3.05) is 32.2 Å². The van der Waals surface area contributed by atoms with Crippen LogP contribution in [-0.4, -0.2) is 49.7 Å². The molecular formula is C22H28N2O4. The van der Waals surface area contributed by atoms with Gasteiger partial charge in [0.1, 0.15) is 0 Å². The molecular weight excluding hydrogens is 356 g/mol. The number of benzene rings is 1. The van der Waals surface area contributed by atoms with Crippen molar-refractivity contribution in [2.45, 2.75) is 39.3 Å². The van der Waals surface area contributed by atoms with Crippen LogP contribution in [0.5, 0.6) is 0 Å². The second kappa shape index (κ2) is 8.61. The summed E-state index contributed by atoms with van der Waals surface area (Å²) in [5.41, 5.74) is 3.94. The summed E-state index contributed by atoms with van der Waals surface area (Å²) in [7, 11) is 3.86. The number of carbonyl (C=O) groups is 2. The van der Waals surface area contributed by atoms with Gasteiger partial charge < -0.3 is 18.9 Å². The minimum atomic E-state index is -0.494. The van der Waals surface area contributed by atoms with Gasteiger partial charge in [0.2, 0.25) is 5.78 Å². The van der Waals surface area contributed by atoms with Gasteiger partial charge in [0.15, 0.2) is 6.61 Å². The largest absolute Gasteiger partial charge is 0.454 e. The van der Waals surface area contributed by atoms with Gasteiger partial charge in [0.05, 0.1) is 11.7 Å². The van der Waals surface area contributed by atoms with Gasteiger partial charge in [0.25, 0.3) is 0 Å². The Morgan fingerprint density at radius 3 is 2.54 bits per heavy atom. The maximum Gasteiger partial charge on any atom is 0.338 e. The predicted molar refractivity (Wildman–Crippen MR) is 108 cm³/mol. The van der Waals surface area contributed by atoms with Gasteiger partial charge in [-0.05, 0) is 57.0 Å². The van der Waals surface area contributed by atoms with E-state index < -0.39 is 5.97 Å². The minimum absolute atomic E-state index is 0.190. The summed E-state index contributed by atoms with van der Waals surface area (Å²) in [5.74, 6) is -0.684. The van der Waals surface area contributed by atoms with Gasteiger partial charge in [-0.3, -0.25) is 4.79 Å². The normalized spacial score (nSPS) is 16.2. The minimum Gasteiger partial charge on any atom is -0.454 e. The van der Waals surface area contributed by atoms with E-state index in [0.717, 1.165) is 43.1 Å². The highest BCUT2D eigenvalue weighted by Gasteiger charge is 2.22. The molecule has 28 heavy (non-hydrogen) atoms. The van der Waals surface area contributed by atoms with Crippen LogP contribution in [-0.2, 0) is 16.0 Å². The lowest BCUT2D eigenvalue weighted by atomic mass is 10.1. The third-order valence-corrected chi connectivity index (χ3v) is 5.24. The first kappa shape index (κ1) is 20.1. The van der Waals surface area contributed by atoms with Crippen molar-refractivity contribution < 1.29 is 19.1 Å². The summed E-state index contributed by atoms with van der Waals surface area (Å²) in [6, 6.07) is 8.96. The average molecular weight is 384 g/mol. The van der Waals surface area contributed by atoms with Crippen molar-refractivity contribution in [3.05, 3.63) is 52.8 Å². The van der Waals surface area contributed by atoms with Gasteiger partial charge in [-0.1, -0.05) is 0 Å². The molecule has 1 aromatic carbocycles. The summed E-state index contributed by atoms with van der Waals surface area (Å²) in [6.07, 6.45) is 2.34. The lowest BCUT2D eigenvalue weighted by Crippen LogP contribution is -2.18. The number of rotatable bonds is 7. The zero-order chi connectivity index (χ0) is 20.3. The van der Waals surface area contributed by atoms with Crippen molar-refractivity contribution in [1.29, 1.82) is 0 Å². The molecule has 0 aliphatic carbocycles. The van der Waals surface area contributed by atoms with Gasteiger partial charge in [-0.2, -0.15) is 0 Å². The molecule has 0 unspecified atom stereocenters. The number of aromatic nitrogens is 1. The summed E-state index contributed by atoms with van der Waals surface area (Å²) >= 11 is 0. The third kappa shape index (κ3) is 4.44.